The summed E-state index contributed by atoms with van der Waals surface area (Å²) < 4.78 is 0. The van der Waals surface area contributed by atoms with Crippen LogP contribution in [0.4, 0.5) is 10.9 Å². The lowest BCUT2D eigenvalue weighted by molar-refractivity contribution is -0.0429. The summed E-state index contributed by atoms with van der Waals surface area (Å²) in [6.45, 7) is 1.84. The van der Waals surface area contributed by atoms with Crippen molar-refractivity contribution in [1.29, 1.82) is 0 Å². The summed E-state index contributed by atoms with van der Waals surface area (Å²) in [6, 6.07) is 11.1. The molecular formula is C16H15N3O2S. The van der Waals surface area contributed by atoms with Gasteiger partial charge < -0.3 is 15.5 Å². The second kappa shape index (κ2) is 6.23. The highest BCUT2D eigenvalue weighted by atomic mass is 32.1. The highest BCUT2D eigenvalue weighted by molar-refractivity contribution is 7.14. The van der Waals surface area contributed by atoms with Crippen LogP contribution < -0.4 is 5.32 Å². The van der Waals surface area contributed by atoms with Crippen molar-refractivity contribution in [3.8, 4) is 11.3 Å². The van der Waals surface area contributed by atoms with E-state index in [9.17, 15) is 10.2 Å². The number of benzene rings is 1. The zero-order valence-corrected chi connectivity index (χ0v) is 12.7. The fourth-order valence-corrected chi connectivity index (χ4v) is 2.86. The molecule has 1 aromatic carbocycles. The van der Waals surface area contributed by atoms with Crippen LogP contribution in [0.15, 0.2) is 48.0 Å². The molecule has 5 nitrogen and oxygen atoms in total. The SMILES string of the molecule is Cc1cc(-c2csc(Nc3ccccn3)n2)ccc1C(O)O. The first-order chi connectivity index (χ1) is 10.6. The van der Waals surface area contributed by atoms with Crippen molar-refractivity contribution >= 4 is 22.3 Å². The summed E-state index contributed by atoms with van der Waals surface area (Å²) >= 11 is 1.49. The van der Waals surface area contributed by atoms with Crippen LogP contribution in [0.2, 0.25) is 0 Å². The molecule has 0 atom stereocenters. The number of nitrogens with one attached hydrogen (secondary N) is 1. The van der Waals surface area contributed by atoms with Gasteiger partial charge in [0.2, 0.25) is 0 Å². The van der Waals surface area contributed by atoms with E-state index in [1.54, 1.807) is 12.3 Å². The van der Waals surface area contributed by atoms with Crippen molar-refractivity contribution in [2.45, 2.75) is 13.2 Å². The number of anilines is 2. The fraction of sp³-hybridized carbons (Fsp3) is 0.125. The molecule has 2 aromatic heterocycles. The number of aromatic nitrogens is 2. The molecule has 0 bridgehead atoms. The van der Waals surface area contributed by atoms with Crippen molar-refractivity contribution in [1.82, 2.24) is 9.97 Å². The van der Waals surface area contributed by atoms with Crippen molar-refractivity contribution in [2.75, 3.05) is 5.32 Å². The van der Waals surface area contributed by atoms with E-state index in [0.717, 1.165) is 27.8 Å². The van der Waals surface area contributed by atoms with E-state index in [2.05, 4.69) is 15.3 Å². The third-order valence-corrected chi connectivity index (χ3v) is 4.01. The van der Waals surface area contributed by atoms with Gasteiger partial charge in [-0.3, -0.25) is 0 Å². The largest absolute Gasteiger partial charge is 0.364 e. The standard InChI is InChI=1S/C16H15N3O2S/c1-10-8-11(5-6-12(10)15(20)21)13-9-22-16(18-13)19-14-4-2-3-7-17-14/h2-9,15,20-21H,1H3,(H,17,18,19). The number of aliphatic hydroxyl groups excluding tert-OH is 1. The van der Waals surface area contributed by atoms with Crippen LogP contribution in [0, 0.1) is 6.92 Å². The number of nitrogens with zero attached hydrogens (tertiary/aromatic N) is 2. The Morgan fingerprint density at radius 3 is 2.73 bits per heavy atom. The van der Waals surface area contributed by atoms with Crippen molar-refractivity contribution < 1.29 is 10.2 Å². The first-order valence-corrected chi connectivity index (χ1v) is 7.62. The summed E-state index contributed by atoms with van der Waals surface area (Å²) in [4.78, 5) is 8.73. The van der Waals surface area contributed by atoms with Crippen LogP contribution in [0.25, 0.3) is 11.3 Å². The second-order valence-electron chi connectivity index (χ2n) is 4.82. The van der Waals surface area contributed by atoms with E-state index in [1.165, 1.54) is 11.3 Å². The first kappa shape index (κ1) is 14.6. The Morgan fingerprint density at radius 1 is 1.18 bits per heavy atom. The minimum atomic E-state index is -1.45. The lowest BCUT2D eigenvalue weighted by Crippen LogP contribution is -1.98. The normalized spacial score (nSPS) is 10.9. The summed E-state index contributed by atoms with van der Waals surface area (Å²) in [5.74, 6) is 0.748. The highest BCUT2D eigenvalue weighted by Gasteiger charge is 2.10. The van der Waals surface area contributed by atoms with Crippen LogP contribution in [-0.2, 0) is 0 Å². The van der Waals surface area contributed by atoms with Gasteiger partial charge in [0.1, 0.15) is 5.82 Å². The van der Waals surface area contributed by atoms with Gasteiger partial charge in [-0.1, -0.05) is 18.2 Å². The minimum Gasteiger partial charge on any atom is -0.364 e. The summed E-state index contributed by atoms with van der Waals surface area (Å²) in [5, 5.41) is 24.4. The minimum absolute atomic E-state index is 0.505. The number of aliphatic hydroxyl groups is 2. The molecule has 0 fully saturated rings. The predicted octanol–water partition coefficient (Wildman–Crippen LogP) is 3.24. The van der Waals surface area contributed by atoms with Gasteiger partial charge in [-0.15, -0.1) is 11.3 Å². The Labute approximate surface area is 131 Å². The quantitative estimate of drug-likeness (QED) is 0.645. The molecule has 0 unspecified atom stereocenters. The van der Waals surface area contributed by atoms with Crippen LogP contribution in [0.1, 0.15) is 17.4 Å². The second-order valence-corrected chi connectivity index (χ2v) is 5.68. The van der Waals surface area contributed by atoms with Crippen LogP contribution in [0.3, 0.4) is 0 Å². The van der Waals surface area contributed by atoms with Gasteiger partial charge in [0.25, 0.3) is 0 Å². The molecule has 3 aromatic rings. The third kappa shape index (κ3) is 3.14. The molecule has 0 aliphatic heterocycles. The Kier molecular flexibility index (Phi) is 4.15. The Hall–Kier alpha value is -2.28. The number of aryl methyl sites for hydroxylation is 1. The number of hydrogen-bond acceptors (Lipinski definition) is 6. The van der Waals surface area contributed by atoms with E-state index in [1.807, 2.05) is 42.6 Å². The van der Waals surface area contributed by atoms with E-state index < -0.39 is 6.29 Å². The average Bonchev–Trinajstić information content (AvgIpc) is 2.96. The van der Waals surface area contributed by atoms with Crippen LogP contribution >= 0.6 is 11.3 Å². The number of pyridine rings is 1. The van der Waals surface area contributed by atoms with Gasteiger partial charge >= 0.3 is 0 Å². The molecule has 0 saturated heterocycles. The maximum Gasteiger partial charge on any atom is 0.188 e. The Bertz CT molecular complexity index is 772. The zero-order chi connectivity index (χ0) is 15.5. The summed E-state index contributed by atoms with van der Waals surface area (Å²) in [5.41, 5.74) is 3.10. The molecule has 0 aliphatic carbocycles. The Balaban J connectivity index is 1.83. The zero-order valence-electron chi connectivity index (χ0n) is 11.9. The fourth-order valence-electron chi connectivity index (χ4n) is 2.13. The Morgan fingerprint density at radius 2 is 2.05 bits per heavy atom. The van der Waals surface area contributed by atoms with E-state index in [0.29, 0.717) is 5.56 Å². The lowest BCUT2D eigenvalue weighted by Gasteiger charge is -2.08. The maximum absolute atomic E-state index is 9.26. The topological polar surface area (TPSA) is 78.3 Å². The molecule has 0 radical (unpaired) electrons. The summed E-state index contributed by atoms with van der Waals surface area (Å²) in [7, 11) is 0. The molecule has 22 heavy (non-hydrogen) atoms. The molecule has 112 valence electrons. The maximum atomic E-state index is 9.26. The first-order valence-electron chi connectivity index (χ1n) is 6.74. The summed E-state index contributed by atoms with van der Waals surface area (Å²) in [6.07, 6.45) is 0.268. The molecule has 0 spiro atoms. The average molecular weight is 313 g/mol. The molecule has 6 heteroatoms. The van der Waals surface area contributed by atoms with E-state index >= 15 is 0 Å². The van der Waals surface area contributed by atoms with Crippen molar-refractivity contribution in [2.24, 2.45) is 0 Å². The van der Waals surface area contributed by atoms with Crippen LogP contribution in [0.5, 0.6) is 0 Å². The van der Waals surface area contributed by atoms with Crippen molar-refractivity contribution in [3.05, 3.63) is 59.1 Å². The van der Waals surface area contributed by atoms with Crippen molar-refractivity contribution in [3.63, 3.8) is 0 Å². The molecule has 3 rings (SSSR count). The van der Waals surface area contributed by atoms with Crippen LogP contribution in [-0.4, -0.2) is 20.2 Å². The third-order valence-electron chi connectivity index (χ3n) is 3.25. The van der Waals surface area contributed by atoms with Gasteiger partial charge in [0.15, 0.2) is 11.4 Å². The van der Waals surface area contributed by atoms with Gasteiger partial charge in [-0.25, -0.2) is 9.97 Å². The van der Waals surface area contributed by atoms with Gasteiger partial charge in [-0.05, 0) is 30.7 Å². The molecule has 0 amide bonds. The smallest absolute Gasteiger partial charge is 0.188 e. The van der Waals surface area contributed by atoms with Gasteiger partial charge in [0, 0.05) is 22.7 Å². The molecule has 2 heterocycles. The molecule has 3 N–H and O–H groups in total. The molecule has 0 aliphatic rings. The molecule has 0 saturated carbocycles. The number of rotatable bonds is 4. The van der Waals surface area contributed by atoms with Gasteiger partial charge in [-0.2, -0.15) is 0 Å². The molecular weight excluding hydrogens is 298 g/mol. The highest BCUT2D eigenvalue weighted by Crippen LogP contribution is 2.28. The van der Waals surface area contributed by atoms with E-state index in [-0.39, 0.29) is 0 Å². The number of hydrogen-bond donors (Lipinski definition) is 3. The number of thiazole rings is 1. The van der Waals surface area contributed by atoms with Gasteiger partial charge in [0.05, 0.1) is 5.69 Å². The monoisotopic (exact) mass is 313 g/mol. The van der Waals surface area contributed by atoms with E-state index in [4.69, 9.17) is 0 Å². The predicted molar refractivity (Wildman–Crippen MR) is 87.0 cm³/mol. The lowest BCUT2D eigenvalue weighted by atomic mass is 10.0.